The van der Waals surface area contributed by atoms with Crippen LogP contribution in [0.4, 0.5) is 0 Å². The molecule has 5 nitrogen and oxygen atoms in total. The van der Waals surface area contributed by atoms with Gasteiger partial charge in [-0.2, -0.15) is 0 Å². The van der Waals surface area contributed by atoms with Crippen LogP contribution in [-0.4, -0.2) is 40.3 Å². The summed E-state index contributed by atoms with van der Waals surface area (Å²) in [5, 5.41) is 3.15. The van der Waals surface area contributed by atoms with E-state index in [2.05, 4.69) is 10.3 Å². The van der Waals surface area contributed by atoms with Gasteiger partial charge in [0.1, 0.15) is 6.04 Å². The van der Waals surface area contributed by atoms with Crippen molar-refractivity contribution < 1.29 is 9.59 Å². The molecule has 2 fully saturated rings. The SMILES string of the molecule is O=C(NC1CCCCC1)[C@@H]1CCCN1C(=O)c1cccnc1. The average Bonchev–Trinajstić information content (AvgIpc) is 3.05. The van der Waals surface area contributed by atoms with Crippen LogP contribution < -0.4 is 5.32 Å². The van der Waals surface area contributed by atoms with E-state index in [0.717, 1.165) is 25.7 Å². The summed E-state index contributed by atoms with van der Waals surface area (Å²) in [7, 11) is 0. The first-order valence-corrected chi connectivity index (χ1v) is 8.27. The van der Waals surface area contributed by atoms with Crippen molar-refractivity contribution in [3.63, 3.8) is 0 Å². The number of rotatable bonds is 3. The van der Waals surface area contributed by atoms with Crippen LogP contribution in [0, 0.1) is 0 Å². The standard InChI is InChI=1S/C17H23N3O2/c21-16(19-14-7-2-1-3-8-14)15-9-5-11-20(15)17(22)13-6-4-10-18-12-13/h4,6,10,12,14-15H,1-3,5,7-9,11H2,(H,19,21)/t15-/m0/s1. The third-order valence-electron chi connectivity index (χ3n) is 4.68. The van der Waals surface area contributed by atoms with Crippen molar-refractivity contribution in [3.8, 4) is 0 Å². The highest BCUT2D eigenvalue weighted by molar-refractivity contribution is 5.97. The summed E-state index contributed by atoms with van der Waals surface area (Å²) in [4.78, 5) is 30.8. The number of carbonyl (C=O) groups excluding carboxylic acids is 2. The lowest BCUT2D eigenvalue weighted by molar-refractivity contribution is -0.125. The van der Waals surface area contributed by atoms with Crippen molar-refractivity contribution in [2.24, 2.45) is 0 Å². The second-order valence-corrected chi connectivity index (χ2v) is 6.24. The molecule has 1 aliphatic carbocycles. The Labute approximate surface area is 131 Å². The van der Waals surface area contributed by atoms with Crippen LogP contribution in [0.15, 0.2) is 24.5 Å². The first-order chi connectivity index (χ1) is 10.8. The number of aromatic nitrogens is 1. The molecule has 1 aromatic rings. The van der Waals surface area contributed by atoms with Gasteiger partial charge in [0, 0.05) is 25.0 Å². The molecule has 22 heavy (non-hydrogen) atoms. The van der Waals surface area contributed by atoms with Crippen molar-refractivity contribution >= 4 is 11.8 Å². The van der Waals surface area contributed by atoms with E-state index in [1.165, 1.54) is 19.3 Å². The molecular weight excluding hydrogens is 278 g/mol. The molecule has 3 rings (SSSR count). The summed E-state index contributed by atoms with van der Waals surface area (Å²) in [6.45, 7) is 0.649. The molecule has 2 heterocycles. The largest absolute Gasteiger partial charge is 0.352 e. The molecule has 1 atom stereocenters. The number of likely N-dealkylation sites (tertiary alicyclic amines) is 1. The normalized spacial score (nSPS) is 22.5. The molecule has 0 unspecified atom stereocenters. The zero-order valence-electron chi connectivity index (χ0n) is 12.8. The third-order valence-corrected chi connectivity index (χ3v) is 4.68. The quantitative estimate of drug-likeness (QED) is 0.930. The monoisotopic (exact) mass is 301 g/mol. The fraction of sp³-hybridized carbons (Fsp3) is 0.588. The highest BCUT2D eigenvalue weighted by atomic mass is 16.2. The summed E-state index contributed by atoms with van der Waals surface area (Å²) in [5.74, 6) is -0.0731. The summed E-state index contributed by atoms with van der Waals surface area (Å²) in [5.41, 5.74) is 0.555. The van der Waals surface area contributed by atoms with Crippen LogP contribution in [0.5, 0.6) is 0 Å². The van der Waals surface area contributed by atoms with Crippen molar-refractivity contribution in [1.29, 1.82) is 0 Å². The molecule has 0 aromatic carbocycles. The van der Waals surface area contributed by atoms with Crippen molar-refractivity contribution in [2.75, 3.05) is 6.54 Å². The van der Waals surface area contributed by atoms with Crippen molar-refractivity contribution in [1.82, 2.24) is 15.2 Å². The van der Waals surface area contributed by atoms with Gasteiger partial charge in [0.2, 0.25) is 5.91 Å². The van der Waals surface area contributed by atoms with E-state index < -0.39 is 0 Å². The third kappa shape index (κ3) is 3.29. The lowest BCUT2D eigenvalue weighted by Crippen LogP contribution is -2.49. The van der Waals surface area contributed by atoms with Crippen LogP contribution in [-0.2, 0) is 4.79 Å². The van der Waals surface area contributed by atoms with Gasteiger partial charge < -0.3 is 10.2 Å². The van der Waals surface area contributed by atoms with Crippen molar-refractivity contribution in [2.45, 2.75) is 57.0 Å². The Morgan fingerprint density at radius 3 is 2.68 bits per heavy atom. The van der Waals surface area contributed by atoms with Gasteiger partial charge in [0.25, 0.3) is 5.91 Å². The zero-order chi connectivity index (χ0) is 15.4. The minimum atomic E-state index is -0.324. The number of nitrogens with one attached hydrogen (secondary N) is 1. The van der Waals surface area contributed by atoms with Gasteiger partial charge in [-0.25, -0.2) is 0 Å². The maximum atomic E-state index is 12.6. The molecule has 1 saturated heterocycles. The minimum absolute atomic E-state index is 0.0154. The maximum Gasteiger partial charge on any atom is 0.256 e. The van der Waals surface area contributed by atoms with E-state index in [0.29, 0.717) is 12.1 Å². The predicted octanol–water partition coefficient (Wildman–Crippen LogP) is 2.14. The van der Waals surface area contributed by atoms with Gasteiger partial charge in [-0.15, -0.1) is 0 Å². The number of hydrogen-bond acceptors (Lipinski definition) is 3. The van der Waals surface area contributed by atoms with Gasteiger partial charge in [0.15, 0.2) is 0 Å². The fourth-order valence-corrected chi connectivity index (χ4v) is 3.48. The molecule has 118 valence electrons. The van der Waals surface area contributed by atoms with Crippen LogP contribution in [0.3, 0.4) is 0 Å². The predicted molar refractivity (Wildman–Crippen MR) is 83.3 cm³/mol. The molecule has 5 heteroatoms. The first-order valence-electron chi connectivity index (χ1n) is 8.27. The van der Waals surface area contributed by atoms with Crippen LogP contribution >= 0.6 is 0 Å². The van der Waals surface area contributed by atoms with Gasteiger partial charge in [-0.1, -0.05) is 19.3 Å². The Morgan fingerprint density at radius 2 is 1.95 bits per heavy atom. The topological polar surface area (TPSA) is 62.3 Å². The Bertz CT molecular complexity index is 526. The van der Waals surface area contributed by atoms with E-state index in [4.69, 9.17) is 0 Å². The summed E-state index contributed by atoms with van der Waals surface area (Å²) in [6, 6.07) is 3.47. The summed E-state index contributed by atoms with van der Waals surface area (Å²) < 4.78 is 0. The van der Waals surface area contributed by atoms with E-state index in [9.17, 15) is 9.59 Å². The molecule has 0 radical (unpaired) electrons. The zero-order valence-corrected chi connectivity index (χ0v) is 12.8. The molecule has 2 aliphatic rings. The van der Waals surface area contributed by atoms with Crippen LogP contribution in [0.25, 0.3) is 0 Å². The Morgan fingerprint density at radius 1 is 1.14 bits per heavy atom. The highest BCUT2D eigenvalue weighted by Gasteiger charge is 2.35. The lowest BCUT2D eigenvalue weighted by atomic mass is 9.95. The molecule has 1 aromatic heterocycles. The van der Waals surface area contributed by atoms with E-state index in [-0.39, 0.29) is 23.9 Å². The number of pyridine rings is 1. The highest BCUT2D eigenvalue weighted by Crippen LogP contribution is 2.22. The second kappa shape index (κ2) is 6.90. The second-order valence-electron chi connectivity index (χ2n) is 6.24. The van der Waals surface area contributed by atoms with Crippen LogP contribution in [0.2, 0.25) is 0 Å². The summed E-state index contributed by atoms with van der Waals surface area (Å²) in [6.07, 6.45) is 10.6. The smallest absolute Gasteiger partial charge is 0.256 e. The minimum Gasteiger partial charge on any atom is -0.352 e. The average molecular weight is 301 g/mol. The number of hydrogen-bond donors (Lipinski definition) is 1. The number of amides is 2. The molecule has 0 bridgehead atoms. The van der Waals surface area contributed by atoms with Gasteiger partial charge >= 0.3 is 0 Å². The molecule has 2 amide bonds. The molecule has 0 spiro atoms. The van der Waals surface area contributed by atoms with Gasteiger partial charge in [0.05, 0.1) is 5.56 Å². The number of nitrogens with zero attached hydrogens (tertiary/aromatic N) is 2. The summed E-state index contributed by atoms with van der Waals surface area (Å²) >= 11 is 0. The molecule has 1 aliphatic heterocycles. The van der Waals surface area contributed by atoms with Gasteiger partial charge in [-0.05, 0) is 37.8 Å². The fourth-order valence-electron chi connectivity index (χ4n) is 3.48. The first kappa shape index (κ1) is 15.0. The molecule has 1 N–H and O–H groups in total. The number of carbonyl (C=O) groups is 2. The maximum absolute atomic E-state index is 12.6. The van der Waals surface area contributed by atoms with E-state index in [1.54, 1.807) is 29.4 Å². The molecule has 1 saturated carbocycles. The Balaban J connectivity index is 1.64. The van der Waals surface area contributed by atoms with Crippen molar-refractivity contribution in [3.05, 3.63) is 30.1 Å². The van der Waals surface area contributed by atoms with Crippen LogP contribution in [0.1, 0.15) is 55.3 Å². The lowest BCUT2D eigenvalue weighted by Gasteiger charge is -2.28. The van der Waals surface area contributed by atoms with Gasteiger partial charge in [-0.3, -0.25) is 14.6 Å². The van der Waals surface area contributed by atoms with E-state index in [1.807, 2.05) is 0 Å². The molecular formula is C17H23N3O2. The van der Waals surface area contributed by atoms with E-state index >= 15 is 0 Å². The Kier molecular flexibility index (Phi) is 4.71. The Hall–Kier alpha value is -1.91.